The molecule has 0 bridgehead atoms. The predicted molar refractivity (Wildman–Crippen MR) is 87.3 cm³/mol. The maximum atomic E-state index is 5.77. The third-order valence-electron chi connectivity index (χ3n) is 4.02. The molecule has 1 unspecified atom stereocenters. The van der Waals surface area contributed by atoms with Gasteiger partial charge in [0.1, 0.15) is 0 Å². The van der Waals surface area contributed by atoms with Gasteiger partial charge in [-0.3, -0.25) is 0 Å². The van der Waals surface area contributed by atoms with Gasteiger partial charge in [0.2, 0.25) is 0 Å². The second kappa shape index (κ2) is 8.28. The summed E-state index contributed by atoms with van der Waals surface area (Å²) in [5.41, 5.74) is 1.34. The molecule has 0 saturated heterocycles. The fraction of sp³-hybridized carbons (Fsp3) is 0.667. The number of hydrogen-bond donors (Lipinski definition) is 1. The molecule has 0 fully saturated rings. The molecule has 0 aromatic heterocycles. The van der Waals surface area contributed by atoms with E-state index < -0.39 is 0 Å². The van der Waals surface area contributed by atoms with Crippen LogP contribution in [0.15, 0.2) is 18.2 Å². The Bertz CT molecular complexity index is 431. The van der Waals surface area contributed by atoms with Crippen molar-refractivity contribution in [3.8, 4) is 11.5 Å². The topological polar surface area (TPSA) is 30.5 Å². The lowest BCUT2D eigenvalue weighted by atomic mass is 9.96. The molecule has 0 aliphatic carbocycles. The molecule has 0 spiro atoms. The molecule has 0 saturated carbocycles. The quantitative estimate of drug-likeness (QED) is 0.829. The van der Waals surface area contributed by atoms with E-state index in [2.05, 4.69) is 44.3 Å². The molecule has 1 N–H and O–H groups in total. The van der Waals surface area contributed by atoms with Crippen molar-refractivity contribution in [1.29, 1.82) is 0 Å². The summed E-state index contributed by atoms with van der Waals surface area (Å²) in [5.74, 6) is 2.46. The number of aryl methyl sites for hydroxylation is 1. The molecule has 1 aliphatic heterocycles. The van der Waals surface area contributed by atoms with Crippen molar-refractivity contribution in [3.63, 3.8) is 0 Å². The van der Waals surface area contributed by atoms with Crippen molar-refractivity contribution in [1.82, 2.24) is 5.32 Å². The van der Waals surface area contributed by atoms with E-state index in [9.17, 15) is 0 Å². The average molecular weight is 291 g/mol. The summed E-state index contributed by atoms with van der Waals surface area (Å²) < 4.78 is 11.5. The fourth-order valence-corrected chi connectivity index (χ4v) is 2.69. The van der Waals surface area contributed by atoms with E-state index in [1.54, 1.807) is 0 Å². The SMILES string of the molecule is CCCNC(CCc1ccc2c(c1)OCCCO2)C(C)C. The van der Waals surface area contributed by atoms with Crippen LogP contribution in [-0.2, 0) is 6.42 Å². The first-order valence-corrected chi connectivity index (χ1v) is 8.32. The number of ether oxygens (including phenoxy) is 2. The number of rotatable bonds is 7. The van der Waals surface area contributed by atoms with Crippen molar-refractivity contribution >= 4 is 0 Å². The van der Waals surface area contributed by atoms with Gasteiger partial charge in [-0.25, -0.2) is 0 Å². The van der Waals surface area contributed by atoms with Crippen LogP contribution in [0.25, 0.3) is 0 Å². The normalized spacial score (nSPS) is 15.8. The Morgan fingerprint density at radius 1 is 1.14 bits per heavy atom. The van der Waals surface area contributed by atoms with Crippen molar-refractivity contribution in [3.05, 3.63) is 23.8 Å². The lowest BCUT2D eigenvalue weighted by molar-refractivity contribution is 0.297. The minimum Gasteiger partial charge on any atom is -0.490 e. The monoisotopic (exact) mass is 291 g/mol. The standard InChI is InChI=1S/C18H29NO2/c1-4-10-19-16(14(2)3)8-6-15-7-9-17-18(13-15)21-12-5-11-20-17/h7,9,13-14,16,19H,4-6,8,10-12H2,1-3H3. The molecule has 0 amide bonds. The van der Waals surface area contributed by atoms with Crippen LogP contribution in [0.5, 0.6) is 11.5 Å². The highest BCUT2D eigenvalue weighted by atomic mass is 16.5. The average Bonchev–Trinajstić information content (AvgIpc) is 2.71. The third-order valence-corrected chi connectivity index (χ3v) is 4.02. The highest BCUT2D eigenvalue weighted by molar-refractivity contribution is 5.43. The molecule has 0 radical (unpaired) electrons. The number of fused-ring (bicyclic) bond motifs is 1. The van der Waals surface area contributed by atoms with Crippen LogP contribution in [0.2, 0.25) is 0 Å². The minimum atomic E-state index is 0.584. The zero-order valence-corrected chi connectivity index (χ0v) is 13.7. The van der Waals surface area contributed by atoms with Crippen LogP contribution in [0.3, 0.4) is 0 Å². The van der Waals surface area contributed by atoms with Gasteiger partial charge in [-0.05, 0) is 49.4 Å². The molecule has 3 nitrogen and oxygen atoms in total. The van der Waals surface area contributed by atoms with E-state index in [1.165, 1.54) is 12.0 Å². The van der Waals surface area contributed by atoms with Gasteiger partial charge >= 0.3 is 0 Å². The molecule has 1 aromatic carbocycles. The smallest absolute Gasteiger partial charge is 0.161 e. The van der Waals surface area contributed by atoms with Gasteiger partial charge in [-0.15, -0.1) is 0 Å². The van der Waals surface area contributed by atoms with Gasteiger partial charge in [0.25, 0.3) is 0 Å². The summed E-state index contributed by atoms with van der Waals surface area (Å²) in [4.78, 5) is 0. The van der Waals surface area contributed by atoms with Crippen molar-refractivity contribution < 1.29 is 9.47 Å². The molecular formula is C18H29NO2. The highest BCUT2D eigenvalue weighted by Gasteiger charge is 2.14. The van der Waals surface area contributed by atoms with Crippen LogP contribution in [0.4, 0.5) is 0 Å². The van der Waals surface area contributed by atoms with Crippen molar-refractivity contribution in [2.24, 2.45) is 5.92 Å². The molecule has 1 aromatic rings. The van der Waals surface area contributed by atoms with Gasteiger partial charge < -0.3 is 14.8 Å². The van der Waals surface area contributed by atoms with Gasteiger partial charge in [0, 0.05) is 12.5 Å². The highest BCUT2D eigenvalue weighted by Crippen LogP contribution is 2.31. The van der Waals surface area contributed by atoms with E-state index >= 15 is 0 Å². The molecule has 2 rings (SSSR count). The lowest BCUT2D eigenvalue weighted by Gasteiger charge is -2.22. The van der Waals surface area contributed by atoms with E-state index in [-0.39, 0.29) is 0 Å². The summed E-state index contributed by atoms with van der Waals surface area (Å²) in [7, 11) is 0. The maximum Gasteiger partial charge on any atom is 0.161 e. The maximum absolute atomic E-state index is 5.77. The van der Waals surface area contributed by atoms with E-state index in [1.807, 2.05) is 0 Å². The Morgan fingerprint density at radius 2 is 1.90 bits per heavy atom. The number of hydrogen-bond acceptors (Lipinski definition) is 3. The molecule has 21 heavy (non-hydrogen) atoms. The van der Waals surface area contributed by atoms with Crippen LogP contribution in [-0.4, -0.2) is 25.8 Å². The van der Waals surface area contributed by atoms with E-state index in [0.717, 1.165) is 50.5 Å². The summed E-state index contributed by atoms with van der Waals surface area (Å²) in [6, 6.07) is 6.96. The second-order valence-corrected chi connectivity index (χ2v) is 6.17. The van der Waals surface area contributed by atoms with Crippen LogP contribution in [0.1, 0.15) is 45.6 Å². The first-order chi connectivity index (χ1) is 10.2. The largest absolute Gasteiger partial charge is 0.490 e. The van der Waals surface area contributed by atoms with E-state index in [4.69, 9.17) is 9.47 Å². The molecule has 118 valence electrons. The zero-order chi connectivity index (χ0) is 15.1. The molecular weight excluding hydrogens is 262 g/mol. The Morgan fingerprint density at radius 3 is 2.62 bits per heavy atom. The molecule has 1 heterocycles. The van der Waals surface area contributed by atoms with Gasteiger partial charge in [-0.2, -0.15) is 0 Å². The first-order valence-electron chi connectivity index (χ1n) is 8.32. The Labute approximate surface area is 129 Å². The van der Waals surface area contributed by atoms with Crippen LogP contribution in [0, 0.1) is 5.92 Å². The van der Waals surface area contributed by atoms with Gasteiger partial charge in [0.05, 0.1) is 13.2 Å². The Kier molecular flexibility index (Phi) is 6.37. The van der Waals surface area contributed by atoms with Gasteiger partial charge in [-0.1, -0.05) is 26.8 Å². The molecule has 1 aliphatic rings. The van der Waals surface area contributed by atoms with Crippen molar-refractivity contribution in [2.75, 3.05) is 19.8 Å². The summed E-state index contributed by atoms with van der Waals surface area (Å²) in [6.45, 7) is 9.41. The predicted octanol–water partition coefficient (Wildman–Crippen LogP) is 3.80. The fourth-order valence-electron chi connectivity index (χ4n) is 2.69. The lowest BCUT2D eigenvalue weighted by Crippen LogP contribution is -2.34. The van der Waals surface area contributed by atoms with Crippen LogP contribution >= 0.6 is 0 Å². The molecule has 1 atom stereocenters. The summed E-state index contributed by atoms with van der Waals surface area (Å²) >= 11 is 0. The first kappa shape index (κ1) is 16.2. The van der Waals surface area contributed by atoms with Crippen LogP contribution < -0.4 is 14.8 Å². The number of benzene rings is 1. The Balaban J connectivity index is 1.94. The Hall–Kier alpha value is -1.22. The summed E-state index contributed by atoms with van der Waals surface area (Å²) in [6.07, 6.45) is 4.39. The third kappa shape index (κ3) is 4.92. The van der Waals surface area contributed by atoms with Gasteiger partial charge in [0.15, 0.2) is 11.5 Å². The second-order valence-electron chi connectivity index (χ2n) is 6.17. The molecule has 3 heteroatoms. The minimum absolute atomic E-state index is 0.584. The van der Waals surface area contributed by atoms with Crippen molar-refractivity contribution in [2.45, 2.75) is 52.5 Å². The zero-order valence-electron chi connectivity index (χ0n) is 13.7. The number of nitrogens with one attached hydrogen (secondary N) is 1. The summed E-state index contributed by atoms with van der Waals surface area (Å²) in [5, 5.41) is 3.66. The van der Waals surface area contributed by atoms with E-state index in [0.29, 0.717) is 12.0 Å².